The molecule has 0 saturated carbocycles. The van der Waals surface area contributed by atoms with Crippen molar-refractivity contribution in [1.29, 1.82) is 0 Å². The highest BCUT2D eigenvalue weighted by molar-refractivity contribution is 9.10. The van der Waals surface area contributed by atoms with Gasteiger partial charge in [0.1, 0.15) is 0 Å². The van der Waals surface area contributed by atoms with Gasteiger partial charge in [0.2, 0.25) is 0 Å². The van der Waals surface area contributed by atoms with Crippen molar-refractivity contribution in [1.82, 2.24) is 15.4 Å². The Bertz CT molecular complexity index is 755. The molecule has 2 aromatic carbocycles. The molecule has 106 valence electrons. The van der Waals surface area contributed by atoms with Gasteiger partial charge in [-0.1, -0.05) is 40.2 Å². The average molecular weight is 343 g/mol. The van der Waals surface area contributed by atoms with Gasteiger partial charge in [-0.25, -0.2) is 0 Å². The van der Waals surface area contributed by atoms with Gasteiger partial charge in [-0.3, -0.25) is 21.2 Å². The molecule has 0 bridgehead atoms. The number of halogens is 1. The number of benzene rings is 2. The van der Waals surface area contributed by atoms with Gasteiger partial charge in [0.05, 0.1) is 17.1 Å². The van der Waals surface area contributed by atoms with Crippen LogP contribution in [0.2, 0.25) is 0 Å². The van der Waals surface area contributed by atoms with E-state index in [1.165, 1.54) is 5.56 Å². The molecule has 4 nitrogen and oxygen atoms in total. The van der Waals surface area contributed by atoms with Crippen LogP contribution in [0.15, 0.2) is 59.3 Å². The van der Waals surface area contributed by atoms with Crippen LogP contribution in [0.3, 0.4) is 0 Å². The van der Waals surface area contributed by atoms with Crippen LogP contribution in [0.25, 0.3) is 11.0 Å². The number of aromatic nitrogens is 2. The van der Waals surface area contributed by atoms with Crippen molar-refractivity contribution in [3.05, 3.63) is 70.5 Å². The minimum Gasteiger partial charge on any atom is -0.271 e. The van der Waals surface area contributed by atoms with Crippen molar-refractivity contribution in [2.24, 2.45) is 5.84 Å². The fourth-order valence-electron chi connectivity index (χ4n) is 2.45. The Morgan fingerprint density at radius 2 is 1.90 bits per heavy atom. The van der Waals surface area contributed by atoms with E-state index in [1.54, 1.807) is 12.4 Å². The second kappa shape index (κ2) is 6.30. The van der Waals surface area contributed by atoms with E-state index in [0.29, 0.717) is 0 Å². The van der Waals surface area contributed by atoms with Gasteiger partial charge in [-0.05, 0) is 35.7 Å². The molecule has 1 unspecified atom stereocenters. The van der Waals surface area contributed by atoms with Crippen molar-refractivity contribution in [2.75, 3.05) is 0 Å². The molecule has 0 saturated heterocycles. The minimum absolute atomic E-state index is 0.0142. The topological polar surface area (TPSA) is 63.8 Å². The van der Waals surface area contributed by atoms with E-state index in [4.69, 9.17) is 5.84 Å². The van der Waals surface area contributed by atoms with Crippen LogP contribution in [0.1, 0.15) is 17.2 Å². The Balaban J connectivity index is 1.98. The van der Waals surface area contributed by atoms with Crippen LogP contribution >= 0.6 is 15.9 Å². The largest absolute Gasteiger partial charge is 0.271 e. The lowest BCUT2D eigenvalue weighted by Gasteiger charge is -2.18. The monoisotopic (exact) mass is 342 g/mol. The average Bonchev–Trinajstić information content (AvgIpc) is 2.52. The van der Waals surface area contributed by atoms with Crippen LogP contribution in [0, 0.1) is 0 Å². The third-order valence-corrected chi connectivity index (χ3v) is 3.93. The third-order valence-electron chi connectivity index (χ3n) is 3.44. The molecule has 0 aliphatic carbocycles. The second-order valence-electron chi connectivity index (χ2n) is 4.82. The molecule has 0 radical (unpaired) electrons. The van der Waals surface area contributed by atoms with E-state index < -0.39 is 0 Å². The molecular formula is C16H15BrN4. The van der Waals surface area contributed by atoms with Crippen LogP contribution in [0.5, 0.6) is 0 Å². The van der Waals surface area contributed by atoms with E-state index in [0.717, 1.165) is 27.5 Å². The quantitative estimate of drug-likeness (QED) is 0.564. The molecule has 1 aromatic heterocycles. The van der Waals surface area contributed by atoms with E-state index in [2.05, 4.69) is 43.5 Å². The summed E-state index contributed by atoms with van der Waals surface area (Å²) in [5.41, 5.74) is 6.92. The van der Waals surface area contributed by atoms with Crippen LogP contribution in [-0.2, 0) is 6.42 Å². The molecule has 0 amide bonds. The lowest BCUT2D eigenvalue weighted by molar-refractivity contribution is 0.554. The predicted octanol–water partition coefficient (Wildman–Crippen LogP) is 3.14. The standard InChI is InChI=1S/C16H15BrN4/c17-12-4-1-3-11(9-12)10-15(21-18)13-5-2-6-14-16(13)20-8-7-19-14/h1-9,15,21H,10,18H2. The molecule has 0 fully saturated rings. The number of nitrogens with two attached hydrogens (primary N) is 1. The van der Waals surface area contributed by atoms with Crippen molar-refractivity contribution in [3.8, 4) is 0 Å². The summed E-state index contributed by atoms with van der Waals surface area (Å²) in [5.74, 6) is 5.77. The first-order valence-corrected chi connectivity index (χ1v) is 7.47. The number of nitrogens with one attached hydrogen (secondary N) is 1. The molecule has 3 N–H and O–H groups in total. The summed E-state index contributed by atoms with van der Waals surface area (Å²) in [5, 5.41) is 0. The zero-order valence-corrected chi connectivity index (χ0v) is 12.9. The number of hydrogen-bond donors (Lipinski definition) is 2. The predicted molar refractivity (Wildman–Crippen MR) is 87.4 cm³/mol. The first kappa shape index (κ1) is 14.1. The first-order valence-electron chi connectivity index (χ1n) is 6.68. The second-order valence-corrected chi connectivity index (χ2v) is 5.74. The van der Waals surface area contributed by atoms with Gasteiger partial charge in [-0.15, -0.1) is 0 Å². The van der Waals surface area contributed by atoms with Crippen molar-refractivity contribution < 1.29 is 0 Å². The van der Waals surface area contributed by atoms with Gasteiger partial charge >= 0.3 is 0 Å². The summed E-state index contributed by atoms with van der Waals surface area (Å²) in [4.78, 5) is 8.78. The molecular weight excluding hydrogens is 328 g/mol. The normalized spacial score (nSPS) is 12.5. The summed E-state index contributed by atoms with van der Waals surface area (Å²) in [6.45, 7) is 0. The highest BCUT2D eigenvalue weighted by Crippen LogP contribution is 2.24. The number of rotatable bonds is 4. The van der Waals surface area contributed by atoms with E-state index in [9.17, 15) is 0 Å². The molecule has 1 atom stereocenters. The Morgan fingerprint density at radius 1 is 1.10 bits per heavy atom. The van der Waals surface area contributed by atoms with Gasteiger partial charge < -0.3 is 0 Å². The summed E-state index contributed by atoms with van der Waals surface area (Å²) in [7, 11) is 0. The lowest BCUT2D eigenvalue weighted by Crippen LogP contribution is -2.29. The lowest BCUT2D eigenvalue weighted by atomic mass is 9.98. The van der Waals surface area contributed by atoms with E-state index in [1.807, 2.05) is 30.3 Å². The number of fused-ring (bicyclic) bond motifs is 1. The van der Waals surface area contributed by atoms with Gasteiger partial charge in [-0.2, -0.15) is 0 Å². The fraction of sp³-hybridized carbons (Fsp3) is 0.125. The number of hydrazine groups is 1. The van der Waals surface area contributed by atoms with Gasteiger partial charge in [0.15, 0.2) is 0 Å². The smallest absolute Gasteiger partial charge is 0.0935 e. The maximum Gasteiger partial charge on any atom is 0.0935 e. The zero-order valence-electron chi connectivity index (χ0n) is 11.3. The van der Waals surface area contributed by atoms with Crippen LogP contribution in [-0.4, -0.2) is 9.97 Å². The summed E-state index contributed by atoms with van der Waals surface area (Å²) < 4.78 is 1.06. The fourth-order valence-corrected chi connectivity index (χ4v) is 2.90. The van der Waals surface area contributed by atoms with Gasteiger partial charge in [0, 0.05) is 16.9 Å². The summed E-state index contributed by atoms with van der Waals surface area (Å²) in [6, 6.07) is 14.2. The van der Waals surface area contributed by atoms with Gasteiger partial charge in [0.25, 0.3) is 0 Å². The Kier molecular flexibility index (Phi) is 4.24. The minimum atomic E-state index is -0.0142. The highest BCUT2D eigenvalue weighted by Gasteiger charge is 2.15. The third kappa shape index (κ3) is 3.10. The van der Waals surface area contributed by atoms with Crippen molar-refractivity contribution >= 4 is 27.0 Å². The molecule has 5 heteroatoms. The highest BCUT2D eigenvalue weighted by atomic mass is 79.9. The first-order chi connectivity index (χ1) is 10.3. The number of para-hydroxylation sites is 1. The maximum absolute atomic E-state index is 5.77. The number of hydrogen-bond acceptors (Lipinski definition) is 4. The van der Waals surface area contributed by atoms with Crippen molar-refractivity contribution in [3.63, 3.8) is 0 Å². The Labute approximate surface area is 131 Å². The molecule has 0 aliphatic rings. The molecule has 0 spiro atoms. The summed E-state index contributed by atoms with van der Waals surface area (Å²) in [6.07, 6.45) is 4.19. The molecule has 1 heterocycles. The van der Waals surface area contributed by atoms with E-state index >= 15 is 0 Å². The van der Waals surface area contributed by atoms with Crippen LogP contribution < -0.4 is 11.3 Å². The molecule has 3 aromatic rings. The molecule has 21 heavy (non-hydrogen) atoms. The van der Waals surface area contributed by atoms with Crippen LogP contribution in [0.4, 0.5) is 0 Å². The Morgan fingerprint density at radius 3 is 2.71 bits per heavy atom. The summed E-state index contributed by atoms with van der Waals surface area (Å²) >= 11 is 3.50. The molecule has 0 aliphatic heterocycles. The Hall–Kier alpha value is -1.82. The SMILES string of the molecule is NNC(Cc1cccc(Br)c1)c1cccc2nccnc12. The molecule has 3 rings (SSSR count). The zero-order chi connectivity index (χ0) is 14.7. The number of nitrogens with zero attached hydrogens (tertiary/aromatic N) is 2. The van der Waals surface area contributed by atoms with Crippen molar-refractivity contribution in [2.45, 2.75) is 12.5 Å². The maximum atomic E-state index is 5.77. The van der Waals surface area contributed by atoms with E-state index in [-0.39, 0.29) is 6.04 Å².